The van der Waals surface area contributed by atoms with Gasteiger partial charge < -0.3 is 0 Å². The molecule has 2 fully saturated rings. The summed E-state index contributed by atoms with van der Waals surface area (Å²) >= 11 is 6.31. The van der Waals surface area contributed by atoms with Crippen LogP contribution in [0.1, 0.15) is 38.2 Å². The molecular weight excluding hydrogens is 204 g/mol. The lowest BCUT2D eigenvalue weighted by molar-refractivity contribution is 0.465. The highest BCUT2D eigenvalue weighted by atomic mass is 35.5. The molecule has 0 amide bonds. The van der Waals surface area contributed by atoms with Gasteiger partial charge in [-0.05, 0) is 42.7 Å². The molecule has 80 valence electrons. The zero-order valence-electron chi connectivity index (χ0n) is 9.17. The van der Waals surface area contributed by atoms with E-state index in [9.17, 15) is 0 Å². The molecule has 0 aromatic heterocycles. The van der Waals surface area contributed by atoms with E-state index in [4.69, 9.17) is 11.6 Å². The molecule has 3 atom stereocenters. The minimum Gasteiger partial charge on any atom is -0.0840 e. The van der Waals surface area contributed by atoms with Crippen LogP contribution in [0.5, 0.6) is 0 Å². The topological polar surface area (TPSA) is 0 Å². The fourth-order valence-electron chi connectivity index (χ4n) is 3.68. The predicted molar refractivity (Wildman–Crippen MR) is 64.3 cm³/mol. The number of halogens is 1. The minimum absolute atomic E-state index is 0.485. The number of rotatable bonds is 2. The van der Waals surface area contributed by atoms with Crippen LogP contribution in [0.3, 0.4) is 0 Å². The summed E-state index contributed by atoms with van der Waals surface area (Å²) in [6.45, 7) is 2.33. The highest BCUT2D eigenvalue weighted by molar-refractivity contribution is 6.31. The summed E-state index contributed by atoms with van der Waals surface area (Å²) in [4.78, 5) is 0. The monoisotopic (exact) mass is 220 g/mol. The fraction of sp³-hybridized carbons (Fsp3) is 0.571. The van der Waals surface area contributed by atoms with Crippen molar-refractivity contribution in [2.45, 2.75) is 38.0 Å². The second kappa shape index (κ2) is 3.25. The molecule has 15 heavy (non-hydrogen) atoms. The Morgan fingerprint density at radius 3 is 2.80 bits per heavy atom. The summed E-state index contributed by atoms with van der Waals surface area (Å²) < 4.78 is 0. The van der Waals surface area contributed by atoms with Gasteiger partial charge in [-0.1, -0.05) is 43.1 Å². The van der Waals surface area contributed by atoms with Crippen molar-refractivity contribution in [1.82, 2.24) is 0 Å². The SMILES string of the molecule is CC[C@H]1CC[C@@]2(c3ccccc3Cl)CC12. The van der Waals surface area contributed by atoms with Crippen molar-refractivity contribution >= 4 is 11.6 Å². The standard InChI is InChI=1S/C14H17Cl/c1-2-10-7-8-14(9-12(10)14)11-5-3-4-6-13(11)15/h3-6,10,12H,2,7-9H2,1H3/t10-,12?,14-/m0/s1. The average Bonchev–Trinajstić information content (AvgIpc) is 2.87. The van der Waals surface area contributed by atoms with Crippen molar-refractivity contribution in [2.24, 2.45) is 11.8 Å². The summed E-state index contributed by atoms with van der Waals surface area (Å²) in [5, 5.41) is 0.983. The zero-order chi connectivity index (χ0) is 10.5. The van der Waals surface area contributed by atoms with Crippen molar-refractivity contribution in [3.8, 4) is 0 Å². The second-order valence-electron chi connectivity index (χ2n) is 5.15. The maximum atomic E-state index is 6.31. The Labute approximate surface area is 96.6 Å². The van der Waals surface area contributed by atoms with Crippen molar-refractivity contribution in [2.75, 3.05) is 0 Å². The van der Waals surface area contributed by atoms with Crippen LogP contribution < -0.4 is 0 Å². The first-order valence-corrected chi connectivity index (χ1v) is 6.41. The molecule has 2 aliphatic rings. The Balaban J connectivity index is 1.95. The summed E-state index contributed by atoms with van der Waals surface area (Å²) in [5.74, 6) is 1.89. The van der Waals surface area contributed by atoms with Gasteiger partial charge in [-0.15, -0.1) is 0 Å². The molecule has 0 radical (unpaired) electrons. The Bertz CT molecular complexity index is 385. The molecule has 0 heterocycles. The van der Waals surface area contributed by atoms with Crippen molar-refractivity contribution in [3.05, 3.63) is 34.9 Å². The van der Waals surface area contributed by atoms with E-state index in [1.807, 2.05) is 12.1 Å². The van der Waals surface area contributed by atoms with Crippen LogP contribution in [0.2, 0.25) is 5.02 Å². The van der Waals surface area contributed by atoms with Crippen molar-refractivity contribution < 1.29 is 0 Å². The van der Waals surface area contributed by atoms with E-state index in [2.05, 4.69) is 19.1 Å². The van der Waals surface area contributed by atoms with Gasteiger partial charge in [0.05, 0.1) is 0 Å². The maximum absolute atomic E-state index is 6.31. The van der Waals surface area contributed by atoms with Gasteiger partial charge in [0.25, 0.3) is 0 Å². The third-order valence-corrected chi connectivity index (χ3v) is 4.93. The smallest absolute Gasteiger partial charge is 0.0443 e. The van der Waals surface area contributed by atoms with Crippen LogP contribution in [0, 0.1) is 11.8 Å². The first kappa shape index (κ1) is 9.72. The third-order valence-electron chi connectivity index (χ3n) is 4.60. The molecule has 1 heteroatoms. The number of hydrogen-bond acceptors (Lipinski definition) is 0. The Morgan fingerprint density at radius 1 is 1.40 bits per heavy atom. The summed E-state index contributed by atoms with van der Waals surface area (Å²) in [5.41, 5.74) is 1.91. The van der Waals surface area contributed by atoms with Gasteiger partial charge in [-0.25, -0.2) is 0 Å². The minimum atomic E-state index is 0.485. The fourth-order valence-corrected chi connectivity index (χ4v) is 4.00. The molecule has 1 aromatic rings. The lowest BCUT2D eigenvalue weighted by Crippen LogP contribution is -2.05. The lowest BCUT2D eigenvalue weighted by Gasteiger charge is -2.13. The molecule has 0 spiro atoms. The Hall–Kier alpha value is -0.490. The molecule has 3 rings (SSSR count). The highest BCUT2D eigenvalue weighted by Crippen LogP contribution is 2.68. The van der Waals surface area contributed by atoms with Gasteiger partial charge in [0, 0.05) is 10.4 Å². The van der Waals surface area contributed by atoms with Crippen molar-refractivity contribution in [3.63, 3.8) is 0 Å². The predicted octanol–water partition coefficient (Wildman–Crippen LogP) is 4.42. The zero-order valence-corrected chi connectivity index (χ0v) is 9.93. The molecule has 0 bridgehead atoms. The first-order valence-electron chi connectivity index (χ1n) is 6.03. The van der Waals surface area contributed by atoms with Gasteiger partial charge in [-0.3, -0.25) is 0 Å². The molecule has 0 N–H and O–H groups in total. The second-order valence-corrected chi connectivity index (χ2v) is 5.56. The molecule has 0 aliphatic heterocycles. The molecule has 2 aliphatic carbocycles. The highest BCUT2D eigenvalue weighted by Gasteiger charge is 2.61. The van der Waals surface area contributed by atoms with Gasteiger partial charge in [0.2, 0.25) is 0 Å². The van der Waals surface area contributed by atoms with E-state index in [0.29, 0.717) is 5.41 Å². The maximum Gasteiger partial charge on any atom is 0.0443 e. The van der Waals surface area contributed by atoms with E-state index in [1.54, 1.807) is 0 Å². The summed E-state index contributed by atoms with van der Waals surface area (Å²) in [6, 6.07) is 8.44. The lowest BCUT2D eigenvalue weighted by atomic mass is 9.93. The molecule has 2 saturated carbocycles. The van der Waals surface area contributed by atoms with Gasteiger partial charge in [0.15, 0.2) is 0 Å². The van der Waals surface area contributed by atoms with Crippen molar-refractivity contribution in [1.29, 1.82) is 0 Å². The van der Waals surface area contributed by atoms with E-state index in [0.717, 1.165) is 16.9 Å². The van der Waals surface area contributed by atoms with Crippen LogP contribution in [-0.2, 0) is 5.41 Å². The van der Waals surface area contributed by atoms with Gasteiger partial charge >= 0.3 is 0 Å². The molecular formula is C14H17Cl. The van der Waals surface area contributed by atoms with Crippen LogP contribution in [0.25, 0.3) is 0 Å². The van der Waals surface area contributed by atoms with Gasteiger partial charge in [0.1, 0.15) is 0 Å². The van der Waals surface area contributed by atoms with E-state index in [1.165, 1.54) is 31.2 Å². The van der Waals surface area contributed by atoms with E-state index >= 15 is 0 Å². The average molecular weight is 221 g/mol. The Morgan fingerprint density at radius 2 is 2.20 bits per heavy atom. The van der Waals surface area contributed by atoms with Crippen LogP contribution in [-0.4, -0.2) is 0 Å². The number of hydrogen-bond donors (Lipinski definition) is 0. The number of fused-ring (bicyclic) bond motifs is 1. The normalized spacial score (nSPS) is 37.7. The number of benzene rings is 1. The van der Waals surface area contributed by atoms with Crippen LogP contribution in [0.4, 0.5) is 0 Å². The van der Waals surface area contributed by atoms with Crippen LogP contribution in [0.15, 0.2) is 24.3 Å². The van der Waals surface area contributed by atoms with Crippen LogP contribution >= 0.6 is 11.6 Å². The largest absolute Gasteiger partial charge is 0.0840 e. The summed E-state index contributed by atoms with van der Waals surface area (Å²) in [7, 11) is 0. The van der Waals surface area contributed by atoms with E-state index in [-0.39, 0.29) is 0 Å². The van der Waals surface area contributed by atoms with E-state index < -0.39 is 0 Å². The molecule has 1 aromatic carbocycles. The quantitative estimate of drug-likeness (QED) is 0.692. The third kappa shape index (κ3) is 1.27. The molecule has 0 saturated heterocycles. The summed E-state index contributed by atoms with van der Waals surface area (Å²) in [6.07, 6.45) is 5.50. The Kier molecular flexibility index (Phi) is 2.10. The molecule has 1 unspecified atom stereocenters. The first-order chi connectivity index (χ1) is 7.28. The molecule has 0 nitrogen and oxygen atoms in total. The van der Waals surface area contributed by atoms with Gasteiger partial charge in [-0.2, -0.15) is 0 Å².